The summed E-state index contributed by atoms with van der Waals surface area (Å²) in [7, 11) is 0. The quantitative estimate of drug-likeness (QED) is 0.868. The van der Waals surface area contributed by atoms with Gasteiger partial charge in [0.1, 0.15) is 0 Å². The van der Waals surface area contributed by atoms with E-state index in [0.717, 1.165) is 0 Å². The number of halogens is 3. The lowest BCUT2D eigenvalue weighted by Gasteiger charge is -2.06. The van der Waals surface area contributed by atoms with Gasteiger partial charge in [0.05, 0.1) is 5.02 Å². The van der Waals surface area contributed by atoms with Crippen LogP contribution in [0.25, 0.3) is 0 Å². The highest BCUT2D eigenvalue weighted by atomic mass is 35.5. The standard InChI is InChI=1S/C11H7Cl2FN2/c12-7-1-3-9(4-2-7)16-11-10(14)5-8(13)6-15-11/h1-6H,(H,15,16). The molecule has 0 amide bonds. The second-order valence-electron chi connectivity index (χ2n) is 3.12. The Hall–Kier alpha value is -1.32. The van der Waals surface area contributed by atoms with Crippen molar-refractivity contribution in [2.24, 2.45) is 0 Å². The lowest BCUT2D eigenvalue weighted by molar-refractivity contribution is 0.626. The summed E-state index contributed by atoms with van der Waals surface area (Å²) in [6, 6.07) is 8.08. The van der Waals surface area contributed by atoms with Crippen LogP contribution in [0.3, 0.4) is 0 Å². The molecule has 0 fully saturated rings. The SMILES string of the molecule is Fc1cc(Cl)cnc1Nc1ccc(Cl)cc1. The number of rotatable bonds is 2. The number of aromatic nitrogens is 1. The molecule has 16 heavy (non-hydrogen) atoms. The van der Waals surface area contributed by atoms with Crippen molar-refractivity contribution in [3.63, 3.8) is 0 Å². The van der Waals surface area contributed by atoms with Crippen LogP contribution < -0.4 is 5.32 Å². The van der Waals surface area contributed by atoms with E-state index in [2.05, 4.69) is 10.3 Å². The third kappa shape index (κ3) is 2.62. The molecule has 1 N–H and O–H groups in total. The first kappa shape index (κ1) is 11.2. The minimum absolute atomic E-state index is 0.131. The van der Waals surface area contributed by atoms with Crippen molar-refractivity contribution >= 4 is 34.7 Å². The Kier molecular flexibility index (Phi) is 3.27. The van der Waals surface area contributed by atoms with Crippen LogP contribution in [0.5, 0.6) is 0 Å². The Morgan fingerprint density at radius 3 is 2.38 bits per heavy atom. The number of hydrogen-bond donors (Lipinski definition) is 1. The van der Waals surface area contributed by atoms with Gasteiger partial charge in [-0.2, -0.15) is 0 Å². The van der Waals surface area contributed by atoms with Gasteiger partial charge in [0.2, 0.25) is 0 Å². The van der Waals surface area contributed by atoms with Crippen LogP contribution >= 0.6 is 23.2 Å². The van der Waals surface area contributed by atoms with Gasteiger partial charge in [0, 0.05) is 16.9 Å². The van der Waals surface area contributed by atoms with Crippen LogP contribution in [0.15, 0.2) is 36.5 Å². The average molecular weight is 257 g/mol. The summed E-state index contributed by atoms with van der Waals surface area (Å²) in [6.45, 7) is 0. The molecule has 0 aliphatic rings. The predicted octanol–water partition coefficient (Wildman–Crippen LogP) is 4.27. The Morgan fingerprint density at radius 2 is 1.75 bits per heavy atom. The van der Waals surface area contributed by atoms with Gasteiger partial charge in [-0.3, -0.25) is 0 Å². The summed E-state index contributed by atoms with van der Waals surface area (Å²) >= 11 is 11.3. The molecule has 82 valence electrons. The van der Waals surface area contributed by atoms with Crippen LogP contribution in [0, 0.1) is 5.82 Å². The molecule has 1 aromatic carbocycles. The van der Waals surface area contributed by atoms with Gasteiger partial charge in [-0.1, -0.05) is 23.2 Å². The van der Waals surface area contributed by atoms with Crippen LogP contribution in [0.2, 0.25) is 10.0 Å². The maximum absolute atomic E-state index is 13.4. The molecule has 0 bridgehead atoms. The summed E-state index contributed by atoms with van der Waals surface area (Å²) < 4.78 is 13.4. The summed E-state index contributed by atoms with van der Waals surface area (Å²) in [5, 5.41) is 3.71. The molecule has 2 nitrogen and oxygen atoms in total. The minimum atomic E-state index is -0.498. The lowest BCUT2D eigenvalue weighted by Crippen LogP contribution is -1.96. The zero-order chi connectivity index (χ0) is 11.5. The van der Waals surface area contributed by atoms with Gasteiger partial charge in [0.15, 0.2) is 11.6 Å². The number of nitrogens with one attached hydrogen (secondary N) is 1. The predicted molar refractivity (Wildman–Crippen MR) is 63.9 cm³/mol. The summed E-state index contributed by atoms with van der Waals surface area (Å²) in [6.07, 6.45) is 1.38. The Balaban J connectivity index is 2.23. The first-order valence-corrected chi connectivity index (χ1v) is 5.24. The van der Waals surface area contributed by atoms with Gasteiger partial charge in [-0.05, 0) is 30.3 Å². The molecule has 0 aliphatic carbocycles. The maximum Gasteiger partial charge on any atom is 0.167 e. The van der Waals surface area contributed by atoms with Gasteiger partial charge in [0.25, 0.3) is 0 Å². The molecular weight excluding hydrogens is 250 g/mol. The summed E-state index contributed by atoms with van der Waals surface area (Å²) in [5.41, 5.74) is 0.707. The van der Waals surface area contributed by atoms with E-state index in [1.165, 1.54) is 12.3 Å². The van der Waals surface area contributed by atoms with E-state index in [1.807, 2.05) is 0 Å². The Morgan fingerprint density at radius 1 is 1.06 bits per heavy atom. The van der Waals surface area contributed by atoms with Crippen molar-refractivity contribution in [1.29, 1.82) is 0 Å². The first-order valence-electron chi connectivity index (χ1n) is 4.49. The normalized spacial score (nSPS) is 10.2. The van der Waals surface area contributed by atoms with Gasteiger partial charge >= 0.3 is 0 Å². The molecule has 0 saturated heterocycles. The Labute approximate surface area is 102 Å². The number of pyridine rings is 1. The van der Waals surface area contributed by atoms with Crippen LogP contribution in [-0.2, 0) is 0 Å². The van der Waals surface area contributed by atoms with E-state index >= 15 is 0 Å². The monoisotopic (exact) mass is 256 g/mol. The molecule has 5 heteroatoms. The van der Waals surface area contributed by atoms with Crippen LogP contribution in [0.1, 0.15) is 0 Å². The highest BCUT2D eigenvalue weighted by Gasteiger charge is 2.04. The fourth-order valence-electron chi connectivity index (χ4n) is 1.18. The molecule has 1 heterocycles. The van der Waals surface area contributed by atoms with E-state index in [1.54, 1.807) is 24.3 Å². The second kappa shape index (κ2) is 4.68. The van der Waals surface area contributed by atoms with Crippen molar-refractivity contribution in [2.45, 2.75) is 0 Å². The fourth-order valence-corrected chi connectivity index (χ4v) is 1.45. The largest absolute Gasteiger partial charge is 0.338 e. The van der Waals surface area contributed by atoms with Crippen molar-refractivity contribution in [1.82, 2.24) is 4.98 Å². The van der Waals surface area contributed by atoms with Crippen molar-refractivity contribution < 1.29 is 4.39 Å². The fraction of sp³-hybridized carbons (Fsp3) is 0. The molecule has 0 spiro atoms. The molecule has 1 aromatic heterocycles. The van der Waals surface area contributed by atoms with Crippen molar-refractivity contribution in [2.75, 3.05) is 5.32 Å². The third-order valence-corrected chi connectivity index (χ3v) is 2.37. The van der Waals surface area contributed by atoms with E-state index in [4.69, 9.17) is 23.2 Å². The van der Waals surface area contributed by atoms with Crippen LogP contribution in [0.4, 0.5) is 15.9 Å². The topological polar surface area (TPSA) is 24.9 Å². The molecule has 0 aliphatic heterocycles. The number of anilines is 2. The van der Waals surface area contributed by atoms with E-state index in [-0.39, 0.29) is 10.8 Å². The third-order valence-electron chi connectivity index (χ3n) is 1.91. The number of benzene rings is 1. The number of hydrogen-bond acceptors (Lipinski definition) is 2. The zero-order valence-corrected chi connectivity index (χ0v) is 9.56. The Bertz CT molecular complexity index is 500. The summed E-state index contributed by atoms with van der Waals surface area (Å²) in [5.74, 6) is -0.367. The van der Waals surface area contributed by atoms with Crippen molar-refractivity contribution in [3.05, 3.63) is 52.4 Å². The zero-order valence-electron chi connectivity index (χ0n) is 8.05. The van der Waals surface area contributed by atoms with Gasteiger partial charge in [-0.15, -0.1) is 0 Å². The number of nitrogens with zero attached hydrogens (tertiary/aromatic N) is 1. The molecule has 0 atom stereocenters. The van der Waals surface area contributed by atoms with Gasteiger partial charge < -0.3 is 5.32 Å². The average Bonchev–Trinajstić information content (AvgIpc) is 2.25. The lowest BCUT2D eigenvalue weighted by atomic mass is 10.3. The molecule has 0 unspecified atom stereocenters. The maximum atomic E-state index is 13.4. The molecule has 0 radical (unpaired) electrons. The van der Waals surface area contributed by atoms with Gasteiger partial charge in [-0.25, -0.2) is 9.37 Å². The minimum Gasteiger partial charge on any atom is -0.338 e. The highest BCUT2D eigenvalue weighted by molar-refractivity contribution is 6.30. The first-order chi connectivity index (χ1) is 7.65. The van der Waals surface area contributed by atoms with E-state index in [0.29, 0.717) is 10.7 Å². The van der Waals surface area contributed by atoms with Crippen LogP contribution in [-0.4, -0.2) is 4.98 Å². The second-order valence-corrected chi connectivity index (χ2v) is 3.99. The highest BCUT2D eigenvalue weighted by Crippen LogP contribution is 2.21. The molecule has 2 rings (SSSR count). The van der Waals surface area contributed by atoms with E-state index < -0.39 is 5.82 Å². The molecule has 0 saturated carbocycles. The smallest absolute Gasteiger partial charge is 0.167 e. The summed E-state index contributed by atoms with van der Waals surface area (Å²) in [4.78, 5) is 3.84. The van der Waals surface area contributed by atoms with Crippen molar-refractivity contribution in [3.8, 4) is 0 Å². The molecule has 2 aromatic rings. The molecular formula is C11H7Cl2FN2. The van der Waals surface area contributed by atoms with E-state index in [9.17, 15) is 4.39 Å².